The van der Waals surface area contributed by atoms with Gasteiger partial charge in [0.2, 0.25) is 0 Å². The van der Waals surface area contributed by atoms with Crippen molar-refractivity contribution in [1.29, 1.82) is 0 Å². The third-order valence-corrected chi connectivity index (χ3v) is 4.70. The van der Waals surface area contributed by atoms with Crippen molar-refractivity contribution in [2.24, 2.45) is 0 Å². The molecule has 2 nitrogen and oxygen atoms in total. The van der Waals surface area contributed by atoms with E-state index >= 15 is 0 Å². The van der Waals surface area contributed by atoms with Gasteiger partial charge in [0.05, 0.1) is 6.67 Å². The average Bonchev–Trinajstić information content (AvgIpc) is 3.12. The Bertz CT molecular complexity index is 875. The van der Waals surface area contributed by atoms with Gasteiger partial charge in [-0.3, -0.25) is 0 Å². The highest BCUT2D eigenvalue weighted by Crippen LogP contribution is 2.33. The Balaban J connectivity index is 1.63. The monoisotopic (exact) mass is 326 g/mol. The highest BCUT2D eigenvalue weighted by molar-refractivity contribution is 5.73. The van der Waals surface area contributed by atoms with E-state index in [0.717, 1.165) is 6.67 Å². The number of anilines is 2. The molecule has 0 saturated heterocycles. The summed E-state index contributed by atoms with van der Waals surface area (Å²) in [5.74, 6) is 0. The van der Waals surface area contributed by atoms with Crippen LogP contribution in [0.3, 0.4) is 0 Å². The molecule has 0 spiro atoms. The average molecular weight is 326 g/mol. The molecule has 2 heteroatoms. The molecular formula is C23H22N2. The van der Waals surface area contributed by atoms with Crippen molar-refractivity contribution >= 4 is 11.4 Å². The minimum atomic E-state index is 0.844. The lowest BCUT2D eigenvalue weighted by molar-refractivity contribution is 0.965. The normalized spacial score (nSPS) is 13.5. The summed E-state index contributed by atoms with van der Waals surface area (Å²) in [7, 11) is 0. The van der Waals surface area contributed by atoms with Crippen LogP contribution in [0, 0.1) is 13.8 Å². The van der Waals surface area contributed by atoms with Crippen molar-refractivity contribution in [2.75, 3.05) is 16.5 Å². The first-order valence-corrected chi connectivity index (χ1v) is 8.66. The Kier molecular flexibility index (Phi) is 4.02. The fourth-order valence-corrected chi connectivity index (χ4v) is 3.56. The summed E-state index contributed by atoms with van der Waals surface area (Å²) in [6, 6.07) is 25.7. The standard InChI is InChI=1S/C23H22N2/c1-18-15-21(20-9-5-3-6-10-20)16-19(2)23(18)25-14-13-24(17-25)22-11-7-4-8-12-22/h3-16H,17H2,1-2H3. The van der Waals surface area contributed by atoms with Crippen molar-refractivity contribution in [3.05, 3.63) is 96.3 Å². The molecule has 0 bridgehead atoms. The van der Waals surface area contributed by atoms with Crippen LogP contribution in [0.15, 0.2) is 85.2 Å². The lowest BCUT2D eigenvalue weighted by atomic mass is 9.98. The molecule has 124 valence electrons. The van der Waals surface area contributed by atoms with E-state index in [9.17, 15) is 0 Å². The van der Waals surface area contributed by atoms with Crippen LogP contribution >= 0.6 is 0 Å². The van der Waals surface area contributed by atoms with Gasteiger partial charge < -0.3 is 9.80 Å². The third kappa shape index (κ3) is 3.03. The largest absolute Gasteiger partial charge is 0.328 e. The summed E-state index contributed by atoms with van der Waals surface area (Å²) < 4.78 is 0. The Labute approximate surface area is 149 Å². The highest BCUT2D eigenvalue weighted by atomic mass is 15.3. The zero-order valence-corrected chi connectivity index (χ0v) is 14.7. The van der Waals surface area contributed by atoms with Crippen LogP contribution in [0.4, 0.5) is 11.4 Å². The van der Waals surface area contributed by atoms with Crippen molar-refractivity contribution in [1.82, 2.24) is 0 Å². The summed E-state index contributed by atoms with van der Waals surface area (Å²) in [4.78, 5) is 4.59. The molecule has 4 rings (SSSR count). The molecule has 0 fully saturated rings. The van der Waals surface area contributed by atoms with E-state index in [1.807, 2.05) is 0 Å². The highest BCUT2D eigenvalue weighted by Gasteiger charge is 2.19. The van der Waals surface area contributed by atoms with Crippen molar-refractivity contribution < 1.29 is 0 Å². The fraction of sp³-hybridized carbons (Fsp3) is 0.130. The lowest BCUT2D eigenvalue weighted by Crippen LogP contribution is -2.25. The number of para-hydroxylation sites is 1. The van der Waals surface area contributed by atoms with Gasteiger partial charge in [-0.2, -0.15) is 0 Å². The van der Waals surface area contributed by atoms with Gasteiger partial charge in [-0.1, -0.05) is 48.5 Å². The smallest absolute Gasteiger partial charge is 0.0989 e. The van der Waals surface area contributed by atoms with Gasteiger partial charge in [-0.05, 0) is 60.4 Å². The van der Waals surface area contributed by atoms with Gasteiger partial charge in [-0.15, -0.1) is 0 Å². The van der Waals surface area contributed by atoms with Gasteiger partial charge in [-0.25, -0.2) is 0 Å². The fourth-order valence-electron chi connectivity index (χ4n) is 3.56. The first-order valence-electron chi connectivity index (χ1n) is 8.66. The van der Waals surface area contributed by atoms with Gasteiger partial charge in [0, 0.05) is 23.8 Å². The third-order valence-electron chi connectivity index (χ3n) is 4.70. The molecule has 1 aliphatic heterocycles. The molecule has 0 radical (unpaired) electrons. The van der Waals surface area contributed by atoms with Crippen LogP contribution in [0.2, 0.25) is 0 Å². The predicted octanol–water partition coefficient (Wildman–Crippen LogP) is 5.73. The molecule has 1 aliphatic rings. The molecule has 0 amide bonds. The summed E-state index contributed by atoms with van der Waals surface area (Å²) >= 11 is 0. The number of hydrogen-bond acceptors (Lipinski definition) is 2. The number of aryl methyl sites for hydroxylation is 2. The Morgan fingerprint density at radius 1 is 0.640 bits per heavy atom. The van der Waals surface area contributed by atoms with Crippen LogP contribution in [0.5, 0.6) is 0 Å². The minimum Gasteiger partial charge on any atom is -0.328 e. The van der Waals surface area contributed by atoms with E-state index in [0.29, 0.717) is 0 Å². The van der Waals surface area contributed by atoms with Crippen molar-refractivity contribution in [3.63, 3.8) is 0 Å². The quantitative estimate of drug-likeness (QED) is 0.607. The Morgan fingerprint density at radius 3 is 1.84 bits per heavy atom. The molecule has 25 heavy (non-hydrogen) atoms. The zero-order valence-electron chi connectivity index (χ0n) is 14.7. The summed E-state index contributed by atoms with van der Waals surface area (Å²) in [5, 5.41) is 0. The Morgan fingerprint density at radius 2 is 1.20 bits per heavy atom. The first-order chi connectivity index (χ1) is 12.2. The van der Waals surface area contributed by atoms with Crippen LogP contribution in [0.1, 0.15) is 11.1 Å². The molecule has 0 unspecified atom stereocenters. The van der Waals surface area contributed by atoms with Crippen molar-refractivity contribution in [2.45, 2.75) is 13.8 Å². The number of benzene rings is 3. The molecular weight excluding hydrogens is 304 g/mol. The van der Waals surface area contributed by atoms with E-state index in [4.69, 9.17) is 0 Å². The Hall–Kier alpha value is -3.00. The van der Waals surface area contributed by atoms with Crippen molar-refractivity contribution in [3.8, 4) is 11.1 Å². The maximum Gasteiger partial charge on any atom is 0.0989 e. The molecule has 0 atom stereocenters. The number of nitrogens with zero attached hydrogens (tertiary/aromatic N) is 2. The van der Waals surface area contributed by atoms with Crippen LogP contribution < -0.4 is 9.80 Å². The molecule has 3 aromatic carbocycles. The second-order valence-electron chi connectivity index (χ2n) is 6.54. The molecule has 0 N–H and O–H groups in total. The summed E-state index contributed by atoms with van der Waals surface area (Å²) in [5.41, 5.74) is 7.68. The second kappa shape index (κ2) is 6.48. The van der Waals surface area contributed by atoms with Crippen LogP contribution in [0.25, 0.3) is 11.1 Å². The van der Waals surface area contributed by atoms with E-state index in [1.165, 1.54) is 33.6 Å². The molecule has 0 aliphatic carbocycles. The van der Waals surface area contributed by atoms with Gasteiger partial charge >= 0.3 is 0 Å². The van der Waals surface area contributed by atoms with E-state index in [2.05, 4.69) is 109 Å². The summed E-state index contributed by atoms with van der Waals surface area (Å²) in [6.45, 7) is 5.25. The van der Waals surface area contributed by atoms with E-state index in [1.54, 1.807) is 0 Å². The zero-order chi connectivity index (χ0) is 17.2. The van der Waals surface area contributed by atoms with Gasteiger partial charge in [0.1, 0.15) is 0 Å². The maximum atomic E-state index is 2.33. The maximum absolute atomic E-state index is 2.33. The van der Waals surface area contributed by atoms with E-state index in [-0.39, 0.29) is 0 Å². The van der Waals surface area contributed by atoms with Gasteiger partial charge in [0.25, 0.3) is 0 Å². The number of hydrogen-bond donors (Lipinski definition) is 0. The van der Waals surface area contributed by atoms with Crippen LogP contribution in [-0.4, -0.2) is 6.67 Å². The van der Waals surface area contributed by atoms with Gasteiger partial charge in [0.15, 0.2) is 0 Å². The number of rotatable bonds is 3. The van der Waals surface area contributed by atoms with E-state index < -0.39 is 0 Å². The topological polar surface area (TPSA) is 6.48 Å². The molecule has 0 aromatic heterocycles. The molecule has 0 saturated carbocycles. The first kappa shape index (κ1) is 15.5. The molecule has 3 aromatic rings. The van der Waals surface area contributed by atoms with Crippen LogP contribution in [-0.2, 0) is 0 Å². The summed E-state index contributed by atoms with van der Waals surface area (Å²) in [6.07, 6.45) is 4.32. The molecule has 1 heterocycles. The second-order valence-corrected chi connectivity index (χ2v) is 6.54. The lowest BCUT2D eigenvalue weighted by Gasteiger charge is -2.25. The minimum absolute atomic E-state index is 0.844. The SMILES string of the molecule is Cc1cc(-c2ccccc2)cc(C)c1N1C=CN(c2ccccc2)C1. The predicted molar refractivity (Wildman–Crippen MR) is 107 cm³/mol.